The Morgan fingerprint density at radius 3 is 2.22 bits per heavy atom. The molecule has 32 heavy (non-hydrogen) atoms. The van der Waals surface area contributed by atoms with Crippen LogP contribution < -0.4 is 14.2 Å². The number of alkyl halides is 3. The molecule has 4 rings (SSSR count). The van der Waals surface area contributed by atoms with Gasteiger partial charge in [-0.1, -0.05) is 12.1 Å². The van der Waals surface area contributed by atoms with Gasteiger partial charge in [-0.3, -0.25) is 4.79 Å². The van der Waals surface area contributed by atoms with Crippen molar-refractivity contribution in [2.24, 2.45) is 0 Å². The van der Waals surface area contributed by atoms with Gasteiger partial charge in [0.2, 0.25) is 16.1 Å². The predicted octanol–water partition coefficient (Wildman–Crippen LogP) is 2.26. The fourth-order valence-electron chi connectivity index (χ4n) is 3.46. The third kappa shape index (κ3) is 4.75. The summed E-state index contributed by atoms with van der Waals surface area (Å²) in [7, 11) is -3.93. The number of hydrogen-bond acceptors (Lipinski definition) is 6. The van der Waals surface area contributed by atoms with E-state index in [0.717, 1.165) is 24.3 Å². The second-order valence-electron chi connectivity index (χ2n) is 7.11. The van der Waals surface area contributed by atoms with E-state index < -0.39 is 28.2 Å². The normalized spacial score (nSPS) is 19.5. The summed E-state index contributed by atoms with van der Waals surface area (Å²) in [6.07, 6.45) is -5.69. The Bertz CT molecular complexity index is 1080. The van der Waals surface area contributed by atoms with E-state index in [1.807, 2.05) is 0 Å². The van der Waals surface area contributed by atoms with E-state index >= 15 is 0 Å². The predicted molar refractivity (Wildman–Crippen MR) is 105 cm³/mol. The number of hydrogen-bond donors (Lipinski definition) is 0. The SMILES string of the molecule is O=C(C1COc2ccccc2O1)N1CCN(S(=O)(=O)c2ccc(OC(F)(F)F)cc2)CC1. The Hall–Kier alpha value is -2.99. The van der Waals surface area contributed by atoms with Crippen LogP contribution in [0.2, 0.25) is 0 Å². The van der Waals surface area contributed by atoms with Crippen molar-refractivity contribution in [2.45, 2.75) is 17.4 Å². The Morgan fingerprint density at radius 1 is 0.969 bits per heavy atom. The van der Waals surface area contributed by atoms with Crippen LogP contribution in [-0.2, 0) is 14.8 Å². The number of para-hydroxylation sites is 2. The van der Waals surface area contributed by atoms with Crippen LogP contribution in [0, 0.1) is 0 Å². The third-order valence-corrected chi connectivity index (χ3v) is 6.94. The molecule has 2 aliphatic heterocycles. The van der Waals surface area contributed by atoms with Gasteiger partial charge in [0.1, 0.15) is 12.4 Å². The van der Waals surface area contributed by atoms with E-state index in [1.165, 1.54) is 9.21 Å². The highest BCUT2D eigenvalue weighted by atomic mass is 32.2. The van der Waals surface area contributed by atoms with Crippen LogP contribution in [0.4, 0.5) is 13.2 Å². The molecule has 2 aliphatic rings. The van der Waals surface area contributed by atoms with Gasteiger partial charge < -0.3 is 19.1 Å². The first-order valence-electron chi connectivity index (χ1n) is 9.67. The minimum atomic E-state index is -4.86. The molecule has 8 nitrogen and oxygen atoms in total. The van der Waals surface area contributed by atoms with Gasteiger partial charge in [-0.2, -0.15) is 4.31 Å². The average Bonchev–Trinajstić information content (AvgIpc) is 2.77. The molecule has 2 heterocycles. The number of rotatable bonds is 4. The maximum Gasteiger partial charge on any atom is 0.573 e. The summed E-state index contributed by atoms with van der Waals surface area (Å²) in [6, 6.07) is 11.0. The maximum absolute atomic E-state index is 12.8. The van der Waals surface area contributed by atoms with Crippen molar-refractivity contribution >= 4 is 15.9 Å². The third-order valence-electron chi connectivity index (χ3n) is 5.03. The standard InChI is InChI=1S/C20H19F3N2O6S/c21-20(22,23)31-14-5-7-15(8-6-14)32(27,28)25-11-9-24(10-12-25)19(26)18-13-29-16-3-1-2-4-17(16)30-18/h1-8,18H,9-13H2. The molecule has 0 bridgehead atoms. The van der Waals surface area contributed by atoms with Crippen LogP contribution in [0.1, 0.15) is 0 Å². The first-order valence-corrected chi connectivity index (χ1v) is 11.1. The summed E-state index contributed by atoms with van der Waals surface area (Å²) in [5.74, 6) is 0.212. The molecular formula is C20H19F3N2O6S. The van der Waals surface area contributed by atoms with Crippen molar-refractivity contribution < 1.29 is 40.6 Å². The van der Waals surface area contributed by atoms with Gasteiger partial charge in [0.15, 0.2) is 11.5 Å². The molecular weight excluding hydrogens is 453 g/mol. The van der Waals surface area contributed by atoms with Gasteiger partial charge in [0, 0.05) is 26.2 Å². The van der Waals surface area contributed by atoms with Crippen molar-refractivity contribution in [3.05, 3.63) is 48.5 Å². The molecule has 172 valence electrons. The summed E-state index contributed by atoms with van der Waals surface area (Å²) in [4.78, 5) is 14.1. The van der Waals surface area contributed by atoms with E-state index in [4.69, 9.17) is 9.47 Å². The molecule has 1 saturated heterocycles. The summed E-state index contributed by atoms with van der Waals surface area (Å²) in [5.41, 5.74) is 0. The fourth-order valence-corrected chi connectivity index (χ4v) is 4.88. The van der Waals surface area contributed by atoms with Crippen LogP contribution in [-0.4, -0.2) is 68.8 Å². The molecule has 1 amide bonds. The molecule has 2 aromatic rings. The number of halogens is 3. The lowest BCUT2D eigenvalue weighted by molar-refractivity contribution is -0.274. The number of piperazine rings is 1. The lowest BCUT2D eigenvalue weighted by atomic mass is 10.2. The Balaban J connectivity index is 1.36. The first-order chi connectivity index (χ1) is 15.1. The highest BCUT2D eigenvalue weighted by molar-refractivity contribution is 7.89. The molecule has 2 aromatic carbocycles. The number of ether oxygens (including phenoxy) is 3. The van der Waals surface area contributed by atoms with Crippen molar-refractivity contribution in [1.82, 2.24) is 9.21 Å². The van der Waals surface area contributed by atoms with Gasteiger partial charge in [-0.15, -0.1) is 13.2 Å². The zero-order chi connectivity index (χ0) is 22.9. The molecule has 1 fully saturated rings. The Kier molecular flexibility index (Phi) is 5.91. The Labute approximate surface area is 182 Å². The highest BCUT2D eigenvalue weighted by Crippen LogP contribution is 2.31. The van der Waals surface area contributed by atoms with Gasteiger partial charge in [-0.05, 0) is 36.4 Å². The molecule has 0 aliphatic carbocycles. The minimum Gasteiger partial charge on any atom is -0.485 e. The van der Waals surface area contributed by atoms with Gasteiger partial charge >= 0.3 is 6.36 Å². The zero-order valence-electron chi connectivity index (χ0n) is 16.6. The summed E-state index contributed by atoms with van der Waals surface area (Å²) < 4.78 is 78.7. The molecule has 0 saturated carbocycles. The van der Waals surface area contributed by atoms with Crippen LogP contribution in [0.15, 0.2) is 53.4 Å². The molecule has 12 heteroatoms. The van der Waals surface area contributed by atoms with Gasteiger partial charge in [0.05, 0.1) is 4.90 Å². The van der Waals surface area contributed by atoms with Crippen molar-refractivity contribution in [1.29, 1.82) is 0 Å². The summed E-state index contributed by atoms with van der Waals surface area (Å²) >= 11 is 0. The number of carbonyl (C=O) groups excluding carboxylic acids is 1. The van der Waals surface area contributed by atoms with Crippen molar-refractivity contribution in [3.8, 4) is 17.2 Å². The zero-order valence-corrected chi connectivity index (χ0v) is 17.4. The number of carbonyl (C=O) groups is 1. The number of fused-ring (bicyclic) bond motifs is 1. The number of sulfonamides is 1. The van der Waals surface area contributed by atoms with Crippen molar-refractivity contribution in [3.63, 3.8) is 0 Å². The molecule has 0 spiro atoms. The van der Waals surface area contributed by atoms with Crippen LogP contribution in [0.25, 0.3) is 0 Å². The van der Waals surface area contributed by atoms with E-state index in [0.29, 0.717) is 11.5 Å². The molecule has 0 radical (unpaired) electrons. The molecule has 1 atom stereocenters. The Morgan fingerprint density at radius 2 is 1.59 bits per heavy atom. The maximum atomic E-state index is 12.8. The van der Waals surface area contributed by atoms with E-state index in [-0.39, 0.29) is 43.6 Å². The van der Waals surface area contributed by atoms with E-state index in [2.05, 4.69) is 4.74 Å². The molecule has 0 aromatic heterocycles. The van der Waals surface area contributed by atoms with Crippen LogP contribution >= 0.6 is 0 Å². The fraction of sp³-hybridized carbons (Fsp3) is 0.350. The van der Waals surface area contributed by atoms with Crippen LogP contribution in [0.3, 0.4) is 0 Å². The summed E-state index contributed by atoms with van der Waals surface area (Å²) in [5, 5.41) is 0. The van der Waals surface area contributed by atoms with Crippen molar-refractivity contribution in [2.75, 3.05) is 32.8 Å². The monoisotopic (exact) mass is 472 g/mol. The highest BCUT2D eigenvalue weighted by Gasteiger charge is 2.36. The lowest BCUT2D eigenvalue weighted by Crippen LogP contribution is -2.55. The molecule has 0 N–H and O–H groups in total. The number of benzene rings is 2. The number of amides is 1. The summed E-state index contributed by atoms with van der Waals surface area (Å²) in [6.45, 7) is 0.433. The lowest BCUT2D eigenvalue weighted by Gasteiger charge is -2.36. The van der Waals surface area contributed by atoms with Crippen LogP contribution in [0.5, 0.6) is 17.2 Å². The minimum absolute atomic E-state index is 0.0407. The van der Waals surface area contributed by atoms with E-state index in [1.54, 1.807) is 24.3 Å². The largest absolute Gasteiger partial charge is 0.573 e. The molecule has 1 unspecified atom stereocenters. The second kappa shape index (κ2) is 8.51. The number of nitrogens with zero attached hydrogens (tertiary/aromatic N) is 2. The smallest absolute Gasteiger partial charge is 0.485 e. The quantitative estimate of drug-likeness (QED) is 0.679. The van der Waals surface area contributed by atoms with Gasteiger partial charge in [-0.25, -0.2) is 8.42 Å². The topological polar surface area (TPSA) is 85.4 Å². The van der Waals surface area contributed by atoms with Gasteiger partial charge in [0.25, 0.3) is 5.91 Å². The average molecular weight is 472 g/mol. The second-order valence-corrected chi connectivity index (χ2v) is 9.05. The van der Waals surface area contributed by atoms with E-state index in [9.17, 15) is 26.4 Å². The first kappa shape index (κ1) is 22.2.